The number of nitrogens with one attached hydrogen (secondary N) is 1. The molecule has 0 spiro atoms. The topological polar surface area (TPSA) is 41.5 Å². The second-order valence-electron chi connectivity index (χ2n) is 5.70. The minimum absolute atomic E-state index is 0.0394. The predicted octanol–water partition coefficient (Wildman–Crippen LogP) is 3.22. The van der Waals surface area contributed by atoms with E-state index in [2.05, 4.69) is 35.6 Å². The van der Waals surface area contributed by atoms with Crippen molar-refractivity contribution in [3.8, 4) is 5.75 Å². The van der Waals surface area contributed by atoms with Crippen LogP contribution in [0.4, 0.5) is 0 Å². The van der Waals surface area contributed by atoms with E-state index in [0.717, 1.165) is 17.9 Å². The van der Waals surface area contributed by atoms with E-state index in [4.69, 9.17) is 9.84 Å². The van der Waals surface area contributed by atoms with Crippen LogP contribution in [-0.4, -0.2) is 18.3 Å². The Morgan fingerprint density at radius 3 is 2.82 bits per heavy atom. The Morgan fingerprint density at radius 2 is 1.91 bits per heavy atom. The molecule has 0 heterocycles. The van der Waals surface area contributed by atoms with Crippen LogP contribution in [0.1, 0.15) is 35.6 Å². The zero-order valence-corrected chi connectivity index (χ0v) is 12.8. The van der Waals surface area contributed by atoms with Crippen molar-refractivity contribution in [2.75, 3.05) is 13.2 Å². The van der Waals surface area contributed by atoms with Crippen molar-refractivity contribution in [3.63, 3.8) is 0 Å². The number of aliphatic hydroxyl groups is 1. The number of para-hydroxylation sites is 1. The molecular formula is C19H23NO2. The van der Waals surface area contributed by atoms with Gasteiger partial charge in [0.25, 0.3) is 0 Å². The first-order valence-electron chi connectivity index (χ1n) is 8.01. The summed E-state index contributed by atoms with van der Waals surface area (Å²) >= 11 is 0. The van der Waals surface area contributed by atoms with Gasteiger partial charge >= 0.3 is 0 Å². The van der Waals surface area contributed by atoms with Crippen molar-refractivity contribution >= 4 is 0 Å². The van der Waals surface area contributed by atoms with Crippen LogP contribution in [0.2, 0.25) is 0 Å². The lowest BCUT2D eigenvalue weighted by Crippen LogP contribution is -2.25. The van der Waals surface area contributed by atoms with Gasteiger partial charge in [0, 0.05) is 18.2 Å². The van der Waals surface area contributed by atoms with Crippen LogP contribution in [0.5, 0.6) is 5.75 Å². The van der Waals surface area contributed by atoms with Gasteiger partial charge in [0.2, 0.25) is 0 Å². The molecule has 0 fully saturated rings. The molecule has 22 heavy (non-hydrogen) atoms. The van der Waals surface area contributed by atoms with Crippen molar-refractivity contribution < 1.29 is 9.84 Å². The molecule has 0 amide bonds. The van der Waals surface area contributed by atoms with E-state index < -0.39 is 0 Å². The minimum Gasteiger partial charge on any atom is -0.491 e. The average molecular weight is 297 g/mol. The number of hydrogen-bond donors (Lipinski definition) is 2. The molecule has 116 valence electrons. The zero-order chi connectivity index (χ0) is 15.2. The van der Waals surface area contributed by atoms with Crippen LogP contribution in [0, 0.1) is 0 Å². The zero-order valence-electron chi connectivity index (χ0n) is 12.8. The second kappa shape index (κ2) is 7.43. The van der Waals surface area contributed by atoms with Gasteiger partial charge in [-0.25, -0.2) is 0 Å². The molecule has 3 rings (SSSR count). The van der Waals surface area contributed by atoms with E-state index in [1.165, 1.54) is 30.4 Å². The maximum absolute atomic E-state index is 8.92. The van der Waals surface area contributed by atoms with Crippen LogP contribution >= 0.6 is 0 Å². The number of benzene rings is 2. The molecule has 1 unspecified atom stereocenters. The van der Waals surface area contributed by atoms with Crippen LogP contribution in [-0.2, 0) is 13.0 Å². The summed E-state index contributed by atoms with van der Waals surface area (Å²) in [6, 6.07) is 17.2. The van der Waals surface area contributed by atoms with Crippen molar-refractivity contribution in [1.29, 1.82) is 0 Å². The van der Waals surface area contributed by atoms with Crippen LogP contribution in [0.15, 0.2) is 48.5 Å². The van der Waals surface area contributed by atoms with Crippen LogP contribution < -0.4 is 10.1 Å². The van der Waals surface area contributed by atoms with E-state index in [1.54, 1.807) is 0 Å². The number of ether oxygens (including phenoxy) is 1. The van der Waals surface area contributed by atoms with Gasteiger partial charge in [-0.3, -0.25) is 0 Å². The highest BCUT2D eigenvalue weighted by Crippen LogP contribution is 2.30. The fraction of sp³-hybridized carbons (Fsp3) is 0.368. The first-order chi connectivity index (χ1) is 10.9. The standard InChI is InChI=1S/C19H23NO2/c21-12-13-22-19-11-4-2-7-16(19)14-20-18-10-5-8-15-6-1-3-9-17(15)18/h1-4,6-7,9,11,18,20-21H,5,8,10,12-14H2. The van der Waals surface area contributed by atoms with E-state index in [9.17, 15) is 0 Å². The smallest absolute Gasteiger partial charge is 0.123 e. The van der Waals surface area contributed by atoms with E-state index in [1.807, 2.05) is 18.2 Å². The Morgan fingerprint density at radius 1 is 1.09 bits per heavy atom. The molecule has 2 aromatic carbocycles. The largest absolute Gasteiger partial charge is 0.491 e. The van der Waals surface area contributed by atoms with Crippen LogP contribution in [0.25, 0.3) is 0 Å². The molecule has 0 aromatic heterocycles. The molecule has 2 N–H and O–H groups in total. The highest BCUT2D eigenvalue weighted by molar-refractivity contribution is 5.35. The fourth-order valence-electron chi connectivity index (χ4n) is 3.15. The van der Waals surface area contributed by atoms with Gasteiger partial charge in [0.15, 0.2) is 0 Å². The normalized spacial score (nSPS) is 17.0. The molecule has 3 nitrogen and oxygen atoms in total. The molecule has 0 radical (unpaired) electrons. The molecule has 1 aliphatic carbocycles. The summed E-state index contributed by atoms with van der Waals surface area (Å²) in [5.74, 6) is 0.855. The summed E-state index contributed by atoms with van der Waals surface area (Å²) < 4.78 is 5.61. The Bertz CT molecular complexity index is 612. The number of aliphatic hydroxyl groups excluding tert-OH is 1. The predicted molar refractivity (Wildman–Crippen MR) is 88.0 cm³/mol. The van der Waals surface area contributed by atoms with Crippen molar-refractivity contribution in [2.24, 2.45) is 0 Å². The Labute approximate surface area is 131 Å². The lowest BCUT2D eigenvalue weighted by molar-refractivity contribution is 0.200. The minimum atomic E-state index is 0.0394. The highest BCUT2D eigenvalue weighted by Gasteiger charge is 2.19. The average Bonchev–Trinajstić information content (AvgIpc) is 2.59. The number of fused-ring (bicyclic) bond motifs is 1. The molecule has 1 aliphatic rings. The van der Waals surface area contributed by atoms with Crippen molar-refractivity contribution in [3.05, 3.63) is 65.2 Å². The lowest BCUT2D eigenvalue weighted by atomic mass is 9.87. The van der Waals surface area contributed by atoms with Crippen molar-refractivity contribution in [2.45, 2.75) is 31.8 Å². The number of rotatable bonds is 6. The monoisotopic (exact) mass is 297 g/mol. The lowest BCUT2D eigenvalue weighted by Gasteiger charge is -2.26. The first kappa shape index (κ1) is 15.1. The van der Waals surface area contributed by atoms with E-state index in [-0.39, 0.29) is 6.61 Å². The summed E-state index contributed by atoms with van der Waals surface area (Å²) in [6.07, 6.45) is 3.60. The highest BCUT2D eigenvalue weighted by atomic mass is 16.5. The maximum atomic E-state index is 8.92. The maximum Gasteiger partial charge on any atom is 0.123 e. The summed E-state index contributed by atoms with van der Waals surface area (Å²) in [5, 5.41) is 12.6. The third-order valence-corrected chi connectivity index (χ3v) is 4.23. The van der Waals surface area contributed by atoms with Gasteiger partial charge in [0.1, 0.15) is 12.4 Å². The SMILES string of the molecule is OCCOc1ccccc1CNC1CCCc2ccccc21. The first-order valence-corrected chi connectivity index (χ1v) is 8.01. The molecule has 0 bridgehead atoms. The van der Waals surface area contributed by atoms with Gasteiger partial charge in [-0.1, -0.05) is 42.5 Å². The summed E-state index contributed by atoms with van der Waals surface area (Å²) in [7, 11) is 0. The Hall–Kier alpha value is -1.84. The summed E-state index contributed by atoms with van der Waals surface area (Å²) in [6.45, 7) is 1.15. The van der Waals surface area contributed by atoms with Gasteiger partial charge in [-0.05, 0) is 36.5 Å². The molecule has 0 aliphatic heterocycles. The Balaban J connectivity index is 1.69. The third kappa shape index (κ3) is 3.49. The van der Waals surface area contributed by atoms with Crippen molar-refractivity contribution in [1.82, 2.24) is 5.32 Å². The quantitative estimate of drug-likeness (QED) is 0.860. The van der Waals surface area contributed by atoms with Gasteiger partial charge in [-0.2, -0.15) is 0 Å². The molecular weight excluding hydrogens is 274 g/mol. The van der Waals surface area contributed by atoms with Crippen LogP contribution in [0.3, 0.4) is 0 Å². The van der Waals surface area contributed by atoms with Gasteiger partial charge in [0.05, 0.1) is 6.61 Å². The molecule has 1 atom stereocenters. The van der Waals surface area contributed by atoms with Gasteiger partial charge < -0.3 is 15.2 Å². The second-order valence-corrected chi connectivity index (χ2v) is 5.70. The molecule has 2 aromatic rings. The molecule has 3 heteroatoms. The number of aryl methyl sites for hydroxylation is 1. The number of hydrogen-bond acceptors (Lipinski definition) is 3. The van der Waals surface area contributed by atoms with E-state index >= 15 is 0 Å². The summed E-state index contributed by atoms with van der Waals surface area (Å²) in [4.78, 5) is 0. The molecule has 0 saturated carbocycles. The third-order valence-electron chi connectivity index (χ3n) is 4.23. The molecule has 0 saturated heterocycles. The summed E-state index contributed by atoms with van der Waals surface area (Å²) in [5.41, 5.74) is 4.04. The van der Waals surface area contributed by atoms with E-state index in [0.29, 0.717) is 12.6 Å². The Kier molecular flexibility index (Phi) is 5.09. The fourth-order valence-corrected chi connectivity index (χ4v) is 3.15. The van der Waals surface area contributed by atoms with Gasteiger partial charge in [-0.15, -0.1) is 0 Å².